The van der Waals surface area contributed by atoms with Crippen LogP contribution in [0.15, 0.2) is 53.4 Å². The summed E-state index contributed by atoms with van der Waals surface area (Å²) in [6.07, 6.45) is 0.0350. The summed E-state index contributed by atoms with van der Waals surface area (Å²) < 4.78 is 4.66. The quantitative estimate of drug-likeness (QED) is 0.823. The molecule has 0 bridgehead atoms. The van der Waals surface area contributed by atoms with Gasteiger partial charge in [0.05, 0.1) is 23.6 Å². The first kappa shape index (κ1) is 17.0. The highest BCUT2D eigenvalue weighted by Crippen LogP contribution is 2.36. The molecule has 1 aliphatic heterocycles. The minimum Gasteiger partial charge on any atom is -0.465 e. The molecule has 0 saturated carbocycles. The monoisotopic (exact) mass is 356 g/mol. The number of nitrogens with one attached hydrogen (secondary N) is 2. The van der Waals surface area contributed by atoms with Crippen molar-refractivity contribution in [2.75, 3.05) is 17.7 Å². The second-order valence-electron chi connectivity index (χ2n) is 5.42. The summed E-state index contributed by atoms with van der Waals surface area (Å²) in [5.74, 6) is -0.967. The van der Waals surface area contributed by atoms with Gasteiger partial charge in [0.25, 0.3) is 0 Å². The number of thioether (sulfide) groups is 1. The predicted octanol–water partition coefficient (Wildman–Crippen LogP) is 2.91. The SMILES string of the molecule is COC(=O)c1cccc(NC(=O)C[C@H]2Sc3ccccc3NC2=O)c1. The molecule has 3 rings (SSSR count). The third kappa shape index (κ3) is 4.00. The van der Waals surface area contributed by atoms with E-state index in [4.69, 9.17) is 0 Å². The highest BCUT2D eigenvalue weighted by Gasteiger charge is 2.28. The first-order valence-corrected chi connectivity index (χ1v) is 8.49. The van der Waals surface area contributed by atoms with Crippen LogP contribution in [0.1, 0.15) is 16.8 Å². The fourth-order valence-corrected chi connectivity index (χ4v) is 3.56. The molecule has 0 aromatic heterocycles. The predicted molar refractivity (Wildman–Crippen MR) is 95.7 cm³/mol. The molecule has 2 aromatic carbocycles. The highest BCUT2D eigenvalue weighted by molar-refractivity contribution is 8.01. The standard InChI is InChI=1S/C18H16N2O4S/c1-24-18(23)11-5-4-6-12(9-11)19-16(21)10-15-17(22)20-13-7-2-3-8-14(13)25-15/h2-9,15H,10H2,1H3,(H,19,21)(H,20,22)/t15-/m1/s1. The van der Waals surface area contributed by atoms with Crippen molar-refractivity contribution in [2.24, 2.45) is 0 Å². The summed E-state index contributed by atoms with van der Waals surface area (Å²) in [6.45, 7) is 0. The van der Waals surface area contributed by atoms with Gasteiger partial charge in [0.2, 0.25) is 11.8 Å². The van der Waals surface area contributed by atoms with E-state index in [1.54, 1.807) is 18.2 Å². The third-order valence-electron chi connectivity index (χ3n) is 3.64. The van der Waals surface area contributed by atoms with E-state index in [0.29, 0.717) is 11.3 Å². The Hall–Kier alpha value is -2.80. The van der Waals surface area contributed by atoms with Crippen molar-refractivity contribution >= 4 is 40.9 Å². The lowest BCUT2D eigenvalue weighted by Crippen LogP contribution is -2.32. The van der Waals surface area contributed by atoms with Gasteiger partial charge in [0.15, 0.2) is 0 Å². The lowest BCUT2D eigenvalue weighted by Gasteiger charge is -2.23. The van der Waals surface area contributed by atoms with Crippen LogP contribution in [0.3, 0.4) is 0 Å². The summed E-state index contributed by atoms with van der Waals surface area (Å²) in [6, 6.07) is 13.9. The lowest BCUT2D eigenvalue weighted by molar-refractivity contribution is -0.120. The van der Waals surface area contributed by atoms with Crippen molar-refractivity contribution in [3.8, 4) is 0 Å². The van der Waals surface area contributed by atoms with Crippen LogP contribution < -0.4 is 10.6 Å². The minimum absolute atomic E-state index is 0.0350. The molecule has 0 saturated heterocycles. The molecular weight excluding hydrogens is 340 g/mol. The number of benzene rings is 2. The molecule has 7 heteroatoms. The summed E-state index contributed by atoms with van der Waals surface area (Å²) >= 11 is 1.37. The van der Waals surface area contributed by atoms with Crippen molar-refractivity contribution in [3.63, 3.8) is 0 Å². The van der Waals surface area contributed by atoms with Crippen LogP contribution in [0.4, 0.5) is 11.4 Å². The van der Waals surface area contributed by atoms with E-state index in [2.05, 4.69) is 15.4 Å². The largest absolute Gasteiger partial charge is 0.465 e. The molecule has 0 spiro atoms. The van der Waals surface area contributed by atoms with E-state index in [1.807, 2.05) is 24.3 Å². The average Bonchev–Trinajstić information content (AvgIpc) is 2.61. The molecule has 2 N–H and O–H groups in total. The maximum Gasteiger partial charge on any atom is 0.337 e. The molecule has 0 unspecified atom stereocenters. The second kappa shape index (κ2) is 7.40. The summed E-state index contributed by atoms with van der Waals surface area (Å²) in [5.41, 5.74) is 1.59. The molecule has 2 aromatic rings. The number of carbonyl (C=O) groups excluding carboxylic acids is 3. The number of methoxy groups -OCH3 is 1. The smallest absolute Gasteiger partial charge is 0.337 e. The van der Waals surface area contributed by atoms with Crippen LogP contribution >= 0.6 is 11.8 Å². The zero-order chi connectivity index (χ0) is 17.8. The van der Waals surface area contributed by atoms with E-state index in [0.717, 1.165) is 10.6 Å². The molecule has 0 radical (unpaired) electrons. The summed E-state index contributed by atoms with van der Waals surface area (Å²) in [4.78, 5) is 36.9. The highest BCUT2D eigenvalue weighted by atomic mass is 32.2. The van der Waals surface area contributed by atoms with Crippen molar-refractivity contribution in [1.29, 1.82) is 0 Å². The van der Waals surface area contributed by atoms with Crippen molar-refractivity contribution in [1.82, 2.24) is 0 Å². The van der Waals surface area contributed by atoms with Gasteiger partial charge in [-0.2, -0.15) is 0 Å². The summed E-state index contributed by atoms with van der Waals surface area (Å²) in [5, 5.41) is 5.02. The minimum atomic E-state index is -0.501. The van der Waals surface area contributed by atoms with E-state index in [9.17, 15) is 14.4 Å². The number of hydrogen-bond acceptors (Lipinski definition) is 5. The maximum atomic E-state index is 12.3. The fourth-order valence-electron chi connectivity index (χ4n) is 2.45. The Balaban J connectivity index is 1.65. The molecule has 1 aliphatic rings. The van der Waals surface area contributed by atoms with Gasteiger partial charge in [-0.1, -0.05) is 18.2 Å². The van der Waals surface area contributed by atoms with Gasteiger partial charge >= 0.3 is 5.97 Å². The molecular formula is C18H16N2O4S. The van der Waals surface area contributed by atoms with Crippen molar-refractivity contribution in [2.45, 2.75) is 16.6 Å². The van der Waals surface area contributed by atoms with Crippen LogP contribution in [0, 0.1) is 0 Å². The van der Waals surface area contributed by atoms with E-state index < -0.39 is 11.2 Å². The van der Waals surface area contributed by atoms with E-state index in [-0.39, 0.29) is 18.2 Å². The van der Waals surface area contributed by atoms with Crippen LogP contribution in [0.5, 0.6) is 0 Å². The fraction of sp³-hybridized carbons (Fsp3) is 0.167. The number of para-hydroxylation sites is 1. The van der Waals surface area contributed by atoms with E-state index >= 15 is 0 Å². The Morgan fingerprint density at radius 3 is 2.80 bits per heavy atom. The van der Waals surface area contributed by atoms with Gasteiger partial charge < -0.3 is 15.4 Å². The van der Waals surface area contributed by atoms with Crippen LogP contribution in [-0.4, -0.2) is 30.1 Å². The first-order valence-electron chi connectivity index (χ1n) is 7.61. The van der Waals surface area contributed by atoms with Crippen molar-refractivity contribution in [3.05, 3.63) is 54.1 Å². The number of fused-ring (bicyclic) bond motifs is 1. The Kier molecular flexibility index (Phi) is 5.04. The van der Waals surface area contributed by atoms with Crippen LogP contribution in [-0.2, 0) is 14.3 Å². The molecule has 2 amide bonds. The number of ether oxygens (including phenoxy) is 1. The molecule has 128 valence electrons. The van der Waals surface area contributed by atoms with Gasteiger partial charge in [0, 0.05) is 17.0 Å². The average molecular weight is 356 g/mol. The first-order chi connectivity index (χ1) is 12.1. The molecule has 6 nitrogen and oxygen atoms in total. The van der Waals surface area contributed by atoms with Gasteiger partial charge in [-0.3, -0.25) is 9.59 Å². The molecule has 0 aliphatic carbocycles. The third-order valence-corrected chi connectivity index (χ3v) is 4.92. The molecule has 1 heterocycles. The lowest BCUT2D eigenvalue weighted by atomic mass is 10.2. The second-order valence-corrected chi connectivity index (χ2v) is 6.66. The number of hydrogen-bond donors (Lipinski definition) is 2. The molecule has 0 fully saturated rings. The zero-order valence-electron chi connectivity index (χ0n) is 13.4. The molecule has 25 heavy (non-hydrogen) atoms. The summed E-state index contributed by atoms with van der Waals surface area (Å²) in [7, 11) is 1.30. The number of carbonyl (C=O) groups is 3. The Morgan fingerprint density at radius 2 is 2.00 bits per heavy atom. The van der Waals surface area contributed by atoms with Crippen molar-refractivity contribution < 1.29 is 19.1 Å². The number of esters is 1. The van der Waals surface area contributed by atoms with Gasteiger partial charge in [-0.05, 0) is 30.3 Å². The zero-order valence-corrected chi connectivity index (χ0v) is 14.3. The normalized spacial score (nSPS) is 15.7. The van der Waals surface area contributed by atoms with Gasteiger partial charge in [0.1, 0.15) is 0 Å². The van der Waals surface area contributed by atoms with E-state index in [1.165, 1.54) is 24.9 Å². The van der Waals surface area contributed by atoms with Gasteiger partial charge in [-0.25, -0.2) is 4.79 Å². The number of rotatable bonds is 4. The topological polar surface area (TPSA) is 84.5 Å². The van der Waals surface area contributed by atoms with Crippen LogP contribution in [0.25, 0.3) is 0 Å². The Labute approximate surface area is 148 Å². The number of amides is 2. The molecule has 1 atom stereocenters. The Morgan fingerprint density at radius 1 is 1.20 bits per heavy atom. The van der Waals surface area contributed by atoms with Gasteiger partial charge in [-0.15, -0.1) is 11.8 Å². The maximum absolute atomic E-state index is 12.3. The Bertz CT molecular complexity index is 837. The van der Waals surface area contributed by atoms with Crippen LogP contribution in [0.2, 0.25) is 0 Å². The number of anilines is 2.